The average Bonchev–Trinajstić information content (AvgIpc) is 3.27. The molecule has 7 heteroatoms. The minimum atomic E-state index is -0.192. The van der Waals surface area contributed by atoms with Gasteiger partial charge in [-0.15, -0.1) is 0 Å². The first kappa shape index (κ1) is 20.5. The number of rotatable bonds is 4. The monoisotopic (exact) mass is 432 g/mol. The van der Waals surface area contributed by atoms with E-state index < -0.39 is 0 Å². The zero-order valence-corrected chi connectivity index (χ0v) is 18.4. The number of para-hydroxylation sites is 2. The minimum Gasteiger partial charge on any atom is -0.497 e. The van der Waals surface area contributed by atoms with Crippen molar-refractivity contribution < 1.29 is 14.3 Å². The fourth-order valence-corrected chi connectivity index (χ4v) is 4.88. The van der Waals surface area contributed by atoms with Crippen LogP contribution in [0.4, 0.5) is 17.1 Å². The molecule has 2 aromatic carbocycles. The van der Waals surface area contributed by atoms with Crippen molar-refractivity contribution in [3.8, 4) is 5.75 Å². The zero-order valence-electron chi connectivity index (χ0n) is 18.4. The lowest BCUT2D eigenvalue weighted by Gasteiger charge is -2.37. The Morgan fingerprint density at radius 1 is 1.06 bits per heavy atom. The van der Waals surface area contributed by atoms with E-state index in [9.17, 15) is 9.59 Å². The van der Waals surface area contributed by atoms with Gasteiger partial charge in [0.15, 0.2) is 0 Å². The van der Waals surface area contributed by atoms with Crippen molar-refractivity contribution in [1.82, 2.24) is 4.90 Å². The van der Waals surface area contributed by atoms with Gasteiger partial charge in [0.05, 0.1) is 24.4 Å². The van der Waals surface area contributed by atoms with Crippen LogP contribution in [0.2, 0.25) is 0 Å². The number of nitrogens with zero attached hydrogens (tertiary/aromatic N) is 4. The van der Waals surface area contributed by atoms with E-state index in [-0.39, 0.29) is 24.3 Å². The molecule has 0 radical (unpaired) electrons. The molecule has 0 N–H and O–H groups in total. The van der Waals surface area contributed by atoms with Crippen LogP contribution in [0.25, 0.3) is 0 Å². The highest BCUT2D eigenvalue weighted by Crippen LogP contribution is 2.37. The molecular weight excluding hydrogens is 404 g/mol. The fraction of sp³-hybridized carbons (Fsp3) is 0.400. The molecule has 2 amide bonds. The van der Waals surface area contributed by atoms with E-state index in [0.717, 1.165) is 60.9 Å². The Hall–Kier alpha value is -3.35. The number of carbonyl (C=O) groups excluding carboxylic acids is 2. The largest absolute Gasteiger partial charge is 0.497 e. The molecule has 5 rings (SSSR count). The summed E-state index contributed by atoms with van der Waals surface area (Å²) in [6.07, 6.45) is 2.66. The first-order valence-electron chi connectivity index (χ1n) is 11.3. The van der Waals surface area contributed by atoms with Crippen LogP contribution in [-0.4, -0.2) is 62.3 Å². The van der Waals surface area contributed by atoms with E-state index >= 15 is 0 Å². The van der Waals surface area contributed by atoms with Crippen molar-refractivity contribution in [3.63, 3.8) is 0 Å². The number of hydrogen-bond acceptors (Lipinski definition) is 5. The Labute approximate surface area is 188 Å². The lowest BCUT2D eigenvalue weighted by Crippen LogP contribution is -2.52. The van der Waals surface area contributed by atoms with Crippen LogP contribution in [-0.2, 0) is 9.59 Å². The Morgan fingerprint density at radius 3 is 2.56 bits per heavy atom. The van der Waals surface area contributed by atoms with E-state index in [0.29, 0.717) is 13.1 Å². The quantitative estimate of drug-likeness (QED) is 0.744. The number of methoxy groups -OCH3 is 1. The maximum absolute atomic E-state index is 13.4. The molecule has 0 unspecified atom stereocenters. The summed E-state index contributed by atoms with van der Waals surface area (Å²) in [5, 5.41) is 0. The Morgan fingerprint density at radius 2 is 1.81 bits per heavy atom. The first-order valence-corrected chi connectivity index (χ1v) is 11.3. The van der Waals surface area contributed by atoms with Gasteiger partial charge in [-0.05, 0) is 55.7 Å². The topological polar surface area (TPSA) is 65.5 Å². The van der Waals surface area contributed by atoms with Crippen LogP contribution >= 0.6 is 0 Å². The normalized spacial score (nSPS) is 20.4. The summed E-state index contributed by atoms with van der Waals surface area (Å²) in [6, 6.07) is 15.7. The molecular formula is C25H28N4O3. The van der Waals surface area contributed by atoms with Crippen LogP contribution in [0.5, 0.6) is 5.75 Å². The second-order valence-electron chi connectivity index (χ2n) is 8.53. The maximum Gasteiger partial charge on any atom is 0.242 e. The first-order chi connectivity index (χ1) is 15.6. The van der Waals surface area contributed by atoms with Crippen LogP contribution in [0.3, 0.4) is 0 Å². The van der Waals surface area contributed by atoms with Crippen LogP contribution < -0.4 is 14.5 Å². The lowest BCUT2D eigenvalue weighted by atomic mass is 10.1. The summed E-state index contributed by atoms with van der Waals surface area (Å²) in [5.74, 6) is 0.641. The number of anilines is 2. The highest BCUT2D eigenvalue weighted by atomic mass is 16.5. The van der Waals surface area contributed by atoms with Gasteiger partial charge in [-0.3, -0.25) is 14.6 Å². The molecule has 2 fully saturated rings. The number of fused-ring (bicyclic) bond motifs is 2. The standard InChI is InChI=1S/C25H28N4O3/c1-32-19-11-9-18(10-12-19)27-13-15-28(16-14-27)24(30)17-29-23-8-3-2-6-22(23)26-21-7-4-5-20(21)25(29)31/h2-3,6,8-12,20H,4-5,7,13-17H2,1H3/t20-/m0/s1. The number of carbonyl (C=O) groups is 2. The molecule has 0 spiro atoms. The molecule has 0 aromatic heterocycles. The van der Waals surface area contributed by atoms with Gasteiger partial charge in [-0.1, -0.05) is 12.1 Å². The van der Waals surface area contributed by atoms with Crippen molar-refractivity contribution in [1.29, 1.82) is 0 Å². The Bertz CT molecular complexity index is 1040. The molecule has 1 aliphatic carbocycles. The van der Waals surface area contributed by atoms with Crippen molar-refractivity contribution in [2.24, 2.45) is 10.9 Å². The van der Waals surface area contributed by atoms with E-state index in [1.165, 1.54) is 0 Å². The van der Waals surface area contributed by atoms with Crippen LogP contribution in [0, 0.1) is 5.92 Å². The summed E-state index contributed by atoms with van der Waals surface area (Å²) in [7, 11) is 1.66. The van der Waals surface area contributed by atoms with Crippen molar-refractivity contribution in [2.45, 2.75) is 19.3 Å². The molecule has 3 aliphatic rings. The van der Waals surface area contributed by atoms with Gasteiger partial charge >= 0.3 is 0 Å². The molecule has 1 saturated carbocycles. The van der Waals surface area contributed by atoms with Crippen LogP contribution in [0.1, 0.15) is 19.3 Å². The molecule has 166 valence electrons. The zero-order chi connectivity index (χ0) is 22.1. The van der Waals surface area contributed by atoms with E-state index in [2.05, 4.69) is 4.90 Å². The molecule has 2 heterocycles. The van der Waals surface area contributed by atoms with Gasteiger partial charge in [0.1, 0.15) is 12.3 Å². The lowest BCUT2D eigenvalue weighted by molar-refractivity contribution is -0.132. The molecule has 1 atom stereocenters. The Balaban J connectivity index is 1.27. The summed E-state index contributed by atoms with van der Waals surface area (Å²) in [4.78, 5) is 37.2. The van der Waals surface area contributed by atoms with Crippen molar-refractivity contribution in [3.05, 3.63) is 48.5 Å². The van der Waals surface area contributed by atoms with Gasteiger partial charge in [0.2, 0.25) is 11.8 Å². The maximum atomic E-state index is 13.4. The predicted molar refractivity (Wildman–Crippen MR) is 125 cm³/mol. The van der Waals surface area contributed by atoms with Gasteiger partial charge < -0.3 is 19.4 Å². The van der Waals surface area contributed by atoms with Gasteiger partial charge in [-0.25, -0.2) is 0 Å². The van der Waals surface area contributed by atoms with E-state index in [1.807, 2.05) is 53.4 Å². The third-order valence-electron chi connectivity index (χ3n) is 6.69. The number of amides is 2. The molecule has 0 bridgehead atoms. The van der Waals surface area contributed by atoms with Crippen molar-refractivity contribution >= 4 is 34.6 Å². The third kappa shape index (κ3) is 3.83. The summed E-state index contributed by atoms with van der Waals surface area (Å²) in [5.41, 5.74) is 3.62. The molecule has 2 aromatic rings. The predicted octanol–water partition coefficient (Wildman–Crippen LogP) is 3.26. The average molecular weight is 433 g/mol. The second kappa shape index (κ2) is 8.65. The molecule has 2 aliphatic heterocycles. The summed E-state index contributed by atoms with van der Waals surface area (Å²) in [6.45, 7) is 2.87. The van der Waals surface area contributed by atoms with Crippen LogP contribution in [0.15, 0.2) is 53.5 Å². The number of hydrogen-bond donors (Lipinski definition) is 0. The third-order valence-corrected chi connectivity index (χ3v) is 6.69. The van der Waals surface area contributed by atoms with Gasteiger partial charge in [0.25, 0.3) is 0 Å². The number of benzene rings is 2. The van der Waals surface area contributed by atoms with Gasteiger partial charge in [-0.2, -0.15) is 0 Å². The highest BCUT2D eigenvalue weighted by molar-refractivity contribution is 6.16. The Kier molecular flexibility index (Phi) is 5.55. The molecule has 1 saturated heterocycles. The van der Waals surface area contributed by atoms with E-state index in [4.69, 9.17) is 9.73 Å². The summed E-state index contributed by atoms with van der Waals surface area (Å²) < 4.78 is 5.23. The second-order valence-corrected chi connectivity index (χ2v) is 8.53. The molecule has 7 nitrogen and oxygen atoms in total. The number of piperazine rings is 1. The summed E-state index contributed by atoms with van der Waals surface area (Å²) >= 11 is 0. The van der Waals surface area contributed by atoms with Crippen molar-refractivity contribution in [2.75, 3.05) is 49.6 Å². The number of ether oxygens (including phenoxy) is 1. The number of aliphatic imine (C=N–C) groups is 1. The fourth-order valence-electron chi connectivity index (χ4n) is 4.88. The SMILES string of the molecule is COc1ccc(N2CCN(C(=O)CN3C(=O)[C@H]4CCCC4=Nc4ccccc43)CC2)cc1. The molecule has 32 heavy (non-hydrogen) atoms. The van der Waals surface area contributed by atoms with E-state index in [1.54, 1.807) is 12.0 Å². The minimum absolute atomic E-state index is 0.0102. The smallest absolute Gasteiger partial charge is 0.242 e. The van der Waals surface area contributed by atoms with Gasteiger partial charge in [0, 0.05) is 37.6 Å². The highest BCUT2D eigenvalue weighted by Gasteiger charge is 2.37.